The minimum absolute atomic E-state index is 1.20. The number of rotatable bonds is 1. The molecular formula is C6H14N2S. The van der Waals surface area contributed by atoms with E-state index in [1.165, 1.54) is 31.0 Å². The SMILES string of the molecule is CNN1CCCSCC1. The van der Waals surface area contributed by atoms with E-state index in [9.17, 15) is 0 Å². The van der Waals surface area contributed by atoms with Crippen molar-refractivity contribution in [2.75, 3.05) is 31.6 Å². The number of nitrogens with zero attached hydrogens (tertiary/aromatic N) is 1. The van der Waals surface area contributed by atoms with Crippen LogP contribution in [0.15, 0.2) is 0 Å². The lowest BCUT2D eigenvalue weighted by atomic mass is 10.4. The largest absolute Gasteiger partial charge is 0.258 e. The van der Waals surface area contributed by atoms with Crippen LogP contribution in [0.25, 0.3) is 0 Å². The molecule has 1 rings (SSSR count). The Morgan fingerprint density at radius 3 is 3.00 bits per heavy atom. The van der Waals surface area contributed by atoms with Gasteiger partial charge < -0.3 is 0 Å². The lowest BCUT2D eigenvalue weighted by Crippen LogP contribution is -2.36. The average molecular weight is 146 g/mol. The van der Waals surface area contributed by atoms with Crippen molar-refractivity contribution in [3.63, 3.8) is 0 Å². The van der Waals surface area contributed by atoms with Gasteiger partial charge in [0.25, 0.3) is 0 Å². The number of thioether (sulfide) groups is 1. The van der Waals surface area contributed by atoms with E-state index in [0.717, 1.165) is 0 Å². The van der Waals surface area contributed by atoms with Gasteiger partial charge in [-0.25, -0.2) is 5.01 Å². The highest BCUT2D eigenvalue weighted by atomic mass is 32.2. The third-order valence-corrected chi connectivity index (χ3v) is 2.59. The molecule has 0 amide bonds. The molecule has 1 N–H and O–H groups in total. The van der Waals surface area contributed by atoms with E-state index >= 15 is 0 Å². The van der Waals surface area contributed by atoms with E-state index in [-0.39, 0.29) is 0 Å². The summed E-state index contributed by atoms with van der Waals surface area (Å²) in [5.41, 5.74) is 3.16. The molecule has 0 spiro atoms. The van der Waals surface area contributed by atoms with Crippen molar-refractivity contribution in [3.8, 4) is 0 Å². The summed E-state index contributed by atoms with van der Waals surface area (Å²) in [6.45, 7) is 2.41. The zero-order valence-electron chi connectivity index (χ0n) is 5.89. The zero-order chi connectivity index (χ0) is 6.53. The molecule has 0 atom stereocenters. The van der Waals surface area contributed by atoms with Gasteiger partial charge in [0, 0.05) is 18.8 Å². The lowest BCUT2D eigenvalue weighted by Gasteiger charge is -2.16. The minimum Gasteiger partial charge on any atom is -0.258 e. The van der Waals surface area contributed by atoms with Gasteiger partial charge in [0.2, 0.25) is 0 Å². The van der Waals surface area contributed by atoms with Crippen molar-refractivity contribution in [1.29, 1.82) is 0 Å². The van der Waals surface area contributed by atoms with Gasteiger partial charge in [0.05, 0.1) is 0 Å². The molecular weight excluding hydrogens is 132 g/mol. The fourth-order valence-corrected chi connectivity index (χ4v) is 1.86. The van der Waals surface area contributed by atoms with Crippen LogP contribution in [-0.4, -0.2) is 36.7 Å². The molecule has 0 aliphatic carbocycles. The minimum atomic E-state index is 1.20. The molecule has 1 aliphatic heterocycles. The Hall–Kier alpha value is 0.270. The van der Waals surface area contributed by atoms with Crippen LogP contribution in [0.1, 0.15) is 6.42 Å². The van der Waals surface area contributed by atoms with E-state index in [0.29, 0.717) is 0 Å². The van der Waals surface area contributed by atoms with Crippen molar-refractivity contribution < 1.29 is 0 Å². The third-order valence-electron chi connectivity index (χ3n) is 1.54. The van der Waals surface area contributed by atoms with Crippen molar-refractivity contribution >= 4 is 11.8 Å². The highest BCUT2D eigenvalue weighted by Gasteiger charge is 2.04. The molecule has 0 radical (unpaired) electrons. The van der Waals surface area contributed by atoms with Crippen LogP contribution >= 0.6 is 11.8 Å². The second-order valence-electron chi connectivity index (χ2n) is 2.18. The Morgan fingerprint density at radius 2 is 2.22 bits per heavy atom. The molecule has 1 aliphatic rings. The van der Waals surface area contributed by atoms with E-state index < -0.39 is 0 Å². The van der Waals surface area contributed by atoms with Crippen LogP contribution < -0.4 is 5.43 Å². The standard InChI is InChI=1S/C6H14N2S/c1-7-8-3-2-5-9-6-4-8/h7H,2-6H2,1H3. The number of hydrogen-bond acceptors (Lipinski definition) is 3. The summed E-state index contributed by atoms with van der Waals surface area (Å²) in [7, 11) is 2.00. The highest BCUT2D eigenvalue weighted by Crippen LogP contribution is 2.07. The predicted octanol–water partition coefficient (Wildman–Crippen LogP) is 0.560. The van der Waals surface area contributed by atoms with Gasteiger partial charge in [-0.1, -0.05) is 0 Å². The number of hydrazine groups is 1. The molecule has 0 bridgehead atoms. The van der Waals surface area contributed by atoms with Crippen molar-refractivity contribution in [2.45, 2.75) is 6.42 Å². The zero-order valence-corrected chi connectivity index (χ0v) is 6.71. The Bertz CT molecular complexity index is 69.5. The smallest absolute Gasteiger partial charge is 0.0221 e. The second-order valence-corrected chi connectivity index (χ2v) is 3.40. The maximum atomic E-state index is 3.16. The Labute approximate surface area is 61.0 Å². The normalized spacial score (nSPS) is 23.7. The molecule has 1 fully saturated rings. The van der Waals surface area contributed by atoms with Gasteiger partial charge in [-0.2, -0.15) is 11.8 Å². The topological polar surface area (TPSA) is 15.3 Å². The summed E-state index contributed by atoms with van der Waals surface area (Å²) < 4.78 is 0. The van der Waals surface area contributed by atoms with Crippen LogP contribution in [0.4, 0.5) is 0 Å². The van der Waals surface area contributed by atoms with Crippen LogP contribution in [0.2, 0.25) is 0 Å². The van der Waals surface area contributed by atoms with Gasteiger partial charge in [-0.15, -0.1) is 0 Å². The van der Waals surface area contributed by atoms with Gasteiger partial charge in [-0.3, -0.25) is 5.43 Å². The van der Waals surface area contributed by atoms with Crippen LogP contribution in [0.5, 0.6) is 0 Å². The first-order valence-electron chi connectivity index (χ1n) is 3.43. The average Bonchev–Trinajstić information content (AvgIpc) is 2.13. The molecule has 0 aromatic carbocycles. The summed E-state index contributed by atoms with van der Waals surface area (Å²) in [6.07, 6.45) is 1.32. The first kappa shape index (κ1) is 7.38. The molecule has 2 nitrogen and oxygen atoms in total. The van der Waals surface area contributed by atoms with Crippen LogP contribution in [0, 0.1) is 0 Å². The molecule has 0 aromatic rings. The molecule has 54 valence electrons. The number of hydrogen-bond donors (Lipinski definition) is 1. The third kappa shape index (κ3) is 2.56. The second kappa shape index (κ2) is 4.14. The molecule has 0 unspecified atom stereocenters. The Morgan fingerprint density at radius 1 is 1.33 bits per heavy atom. The van der Waals surface area contributed by atoms with E-state index in [1.54, 1.807) is 0 Å². The van der Waals surface area contributed by atoms with Crippen molar-refractivity contribution in [3.05, 3.63) is 0 Å². The van der Waals surface area contributed by atoms with E-state index in [2.05, 4.69) is 22.2 Å². The highest BCUT2D eigenvalue weighted by molar-refractivity contribution is 7.99. The van der Waals surface area contributed by atoms with E-state index in [1.807, 2.05) is 7.05 Å². The van der Waals surface area contributed by atoms with Crippen LogP contribution in [0.3, 0.4) is 0 Å². The van der Waals surface area contributed by atoms with Crippen LogP contribution in [-0.2, 0) is 0 Å². The molecule has 3 heteroatoms. The van der Waals surface area contributed by atoms with Gasteiger partial charge in [0.15, 0.2) is 0 Å². The summed E-state index contributed by atoms with van der Waals surface area (Å²) in [5.74, 6) is 2.61. The summed E-state index contributed by atoms with van der Waals surface area (Å²) >= 11 is 2.05. The quantitative estimate of drug-likeness (QED) is 0.582. The Kier molecular flexibility index (Phi) is 3.40. The molecule has 1 saturated heterocycles. The first-order chi connectivity index (χ1) is 4.43. The van der Waals surface area contributed by atoms with Crippen molar-refractivity contribution in [2.24, 2.45) is 0 Å². The fraction of sp³-hybridized carbons (Fsp3) is 1.00. The monoisotopic (exact) mass is 146 g/mol. The van der Waals surface area contributed by atoms with Gasteiger partial charge in [0.1, 0.15) is 0 Å². The van der Waals surface area contributed by atoms with E-state index in [4.69, 9.17) is 0 Å². The maximum Gasteiger partial charge on any atom is 0.0221 e. The lowest BCUT2D eigenvalue weighted by molar-refractivity contribution is 0.226. The van der Waals surface area contributed by atoms with Gasteiger partial charge in [-0.05, 0) is 19.2 Å². The van der Waals surface area contributed by atoms with Crippen molar-refractivity contribution in [1.82, 2.24) is 10.4 Å². The molecule has 0 aromatic heterocycles. The molecule has 0 saturated carbocycles. The summed E-state index contributed by atoms with van der Waals surface area (Å²) in [4.78, 5) is 0. The maximum absolute atomic E-state index is 3.16. The number of nitrogens with one attached hydrogen (secondary N) is 1. The molecule has 9 heavy (non-hydrogen) atoms. The molecule has 1 heterocycles. The predicted molar refractivity (Wildman–Crippen MR) is 42.6 cm³/mol. The fourth-order valence-electron chi connectivity index (χ4n) is 0.970. The Balaban J connectivity index is 2.18. The van der Waals surface area contributed by atoms with Gasteiger partial charge >= 0.3 is 0 Å². The first-order valence-corrected chi connectivity index (χ1v) is 4.59. The summed E-state index contributed by atoms with van der Waals surface area (Å²) in [6, 6.07) is 0. The summed E-state index contributed by atoms with van der Waals surface area (Å²) in [5, 5.41) is 2.28.